The van der Waals surface area contributed by atoms with E-state index in [1.54, 1.807) is 13.8 Å². The van der Waals surface area contributed by atoms with Crippen molar-refractivity contribution in [3.63, 3.8) is 0 Å². The zero-order valence-electron chi connectivity index (χ0n) is 17.7. The van der Waals surface area contributed by atoms with E-state index in [9.17, 15) is 24.8 Å². The van der Waals surface area contributed by atoms with Crippen LogP contribution in [0.15, 0.2) is 69.6 Å². The first kappa shape index (κ1) is 22.2. The molecule has 2 aromatic carbocycles. The summed E-state index contributed by atoms with van der Waals surface area (Å²) in [5.74, 6) is -1.01. The van der Waals surface area contributed by atoms with Crippen LogP contribution < -0.4 is 14.9 Å². The number of aromatic hydroxyl groups is 1. The van der Waals surface area contributed by atoms with Crippen LogP contribution in [-0.4, -0.2) is 27.2 Å². The molecule has 0 saturated carbocycles. The fraction of sp³-hybridized carbons (Fsp3) is 0.174. The largest absolute Gasteiger partial charge is 0.502 e. The molecule has 2 heterocycles. The van der Waals surface area contributed by atoms with Gasteiger partial charge >= 0.3 is 11.7 Å². The van der Waals surface area contributed by atoms with E-state index in [4.69, 9.17) is 4.74 Å². The Balaban J connectivity index is 1.94. The van der Waals surface area contributed by atoms with Gasteiger partial charge in [-0.1, -0.05) is 47.7 Å². The number of rotatable bonds is 5. The van der Waals surface area contributed by atoms with E-state index >= 15 is 0 Å². The number of hydrogen-bond donors (Lipinski definition) is 1. The minimum Gasteiger partial charge on any atom is -0.502 e. The summed E-state index contributed by atoms with van der Waals surface area (Å²) in [6.07, 6.45) is 1.50. The molecule has 0 unspecified atom stereocenters. The first-order valence-corrected chi connectivity index (χ1v) is 10.9. The molecule has 0 fully saturated rings. The number of allylic oxidation sites excluding steroid dienone is 1. The van der Waals surface area contributed by atoms with Gasteiger partial charge in [0, 0.05) is 6.07 Å². The molecule has 1 aliphatic rings. The number of phenolic OH excluding ortho intramolecular Hbond substituents is 1. The average molecular weight is 465 g/mol. The Labute approximate surface area is 191 Å². The molecule has 10 heteroatoms. The Hall–Kier alpha value is -4.05. The first-order chi connectivity index (χ1) is 15.8. The van der Waals surface area contributed by atoms with Crippen LogP contribution in [0.4, 0.5) is 5.69 Å². The maximum Gasteiger partial charge on any atom is 0.338 e. The van der Waals surface area contributed by atoms with Crippen LogP contribution in [-0.2, 0) is 9.53 Å². The van der Waals surface area contributed by atoms with Crippen molar-refractivity contribution in [1.82, 2.24) is 4.57 Å². The van der Waals surface area contributed by atoms with E-state index in [-0.39, 0.29) is 16.7 Å². The highest BCUT2D eigenvalue weighted by Crippen LogP contribution is 2.30. The summed E-state index contributed by atoms with van der Waals surface area (Å²) in [5, 5.41) is 20.8. The van der Waals surface area contributed by atoms with Crippen LogP contribution in [0.25, 0.3) is 6.08 Å². The average Bonchev–Trinajstić information content (AvgIpc) is 3.09. The standard InChI is InChI=1S/C23H19N3O6S/c1-3-32-22(29)19-13(2)24-23-25(20(19)15-7-5-4-6-8-15)21(28)18(33-23)12-14-9-10-17(27)16(11-14)26(30)31/h4-12,20,27H,3H2,1-2H3/b18-12-/t20-/m1/s1. The number of nitro benzene ring substituents is 1. The lowest BCUT2D eigenvalue weighted by Gasteiger charge is -2.24. The van der Waals surface area contributed by atoms with Gasteiger partial charge in [0.25, 0.3) is 5.56 Å². The Morgan fingerprint density at radius 1 is 1.30 bits per heavy atom. The van der Waals surface area contributed by atoms with Crippen molar-refractivity contribution in [3.05, 3.63) is 101 Å². The van der Waals surface area contributed by atoms with Crippen LogP contribution in [0.1, 0.15) is 31.0 Å². The number of carbonyl (C=O) groups excluding carboxylic acids is 1. The Kier molecular flexibility index (Phi) is 5.93. The van der Waals surface area contributed by atoms with E-state index in [0.29, 0.717) is 16.1 Å². The minimum atomic E-state index is -0.724. The van der Waals surface area contributed by atoms with Crippen molar-refractivity contribution in [2.24, 2.45) is 4.99 Å². The maximum atomic E-state index is 13.4. The lowest BCUT2D eigenvalue weighted by Crippen LogP contribution is -2.39. The van der Waals surface area contributed by atoms with E-state index in [2.05, 4.69) is 4.99 Å². The normalized spacial score (nSPS) is 15.7. The lowest BCUT2D eigenvalue weighted by molar-refractivity contribution is -0.385. The van der Waals surface area contributed by atoms with Gasteiger partial charge in [-0.15, -0.1) is 0 Å². The molecule has 4 rings (SSSR count). The molecule has 168 valence electrons. The highest BCUT2D eigenvalue weighted by molar-refractivity contribution is 7.07. The number of esters is 1. The van der Waals surface area contributed by atoms with E-state index in [0.717, 1.165) is 16.9 Å². The Morgan fingerprint density at radius 2 is 2.03 bits per heavy atom. The molecule has 3 aromatic rings. The van der Waals surface area contributed by atoms with Crippen molar-refractivity contribution in [3.8, 4) is 5.75 Å². The van der Waals surface area contributed by atoms with Crippen LogP contribution in [0.5, 0.6) is 5.75 Å². The van der Waals surface area contributed by atoms with Gasteiger partial charge in [-0.2, -0.15) is 0 Å². The molecule has 1 aromatic heterocycles. The maximum absolute atomic E-state index is 13.4. The fourth-order valence-electron chi connectivity index (χ4n) is 3.67. The van der Waals surface area contributed by atoms with Crippen LogP contribution in [0, 0.1) is 10.1 Å². The van der Waals surface area contributed by atoms with Crippen LogP contribution in [0.2, 0.25) is 0 Å². The lowest BCUT2D eigenvalue weighted by atomic mass is 9.96. The molecule has 1 N–H and O–H groups in total. The Morgan fingerprint density at radius 3 is 2.70 bits per heavy atom. The molecule has 1 aliphatic heterocycles. The van der Waals surface area contributed by atoms with Gasteiger partial charge in [-0.3, -0.25) is 19.5 Å². The van der Waals surface area contributed by atoms with E-state index in [1.165, 1.54) is 28.8 Å². The fourth-order valence-corrected chi connectivity index (χ4v) is 4.72. The summed E-state index contributed by atoms with van der Waals surface area (Å²) in [6.45, 7) is 3.58. The third-order valence-electron chi connectivity index (χ3n) is 5.13. The van der Waals surface area contributed by atoms with Gasteiger partial charge < -0.3 is 9.84 Å². The quantitative estimate of drug-likeness (QED) is 0.351. The molecule has 9 nitrogen and oxygen atoms in total. The number of nitro groups is 1. The third kappa shape index (κ3) is 4.08. The zero-order chi connectivity index (χ0) is 23.7. The number of ether oxygens (including phenoxy) is 1. The van der Waals surface area contributed by atoms with Gasteiger partial charge in [0.15, 0.2) is 10.6 Å². The van der Waals surface area contributed by atoms with E-state index < -0.39 is 33.9 Å². The molecular formula is C23H19N3O6S. The number of carbonyl (C=O) groups is 1. The number of nitrogens with zero attached hydrogens (tertiary/aromatic N) is 3. The van der Waals surface area contributed by atoms with Gasteiger partial charge in [0.2, 0.25) is 0 Å². The highest BCUT2D eigenvalue weighted by atomic mass is 32.1. The van der Waals surface area contributed by atoms with Crippen molar-refractivity contribution in [1.29, 1.82) is 0 Å². The van der Waals surface area contributed by atoms with Gasteiger partial charge in [-0.05, 0) is 37.1 Å². The topological polar surface area (TPSA) is 124 Å². The Bertz CT molecular complexity index is 1470. The highest BCUT2D eigenvalue weighted by Gasteiger charge is 2.33. The van der Waals surface area contributed by atoms with Crippen LogP contribution >= 0.6 is 11.3 Å². The van der Waals surface area contributed by atoms with Gasteiger partial charge in [0.1, 0.15) is 0 Å². The smallest absolute Gasteiger partial charge is 0.338 e. The summed E-state index contributed by atoms with van der Waals surface area (Å²) in [4.78, 5) is 41.6. The SMILES string of the molecule is CCOC(=O)C1=C(C)N=c2s/c(=C\c3ccc(O)c([N+](=O)[O-])c3)c(=O)n2[C@@H]1c1ccccc1. The molecule has 0 spiro atoms. The third-order valence-corrected chi connectivity index (χ3v) is 6.11. The van der Waals surface area contributed by atoms with Crippen molar-refractivity contribution >= 4 is 29.1 Å². The summed E-state index contributed by atoms with van der Waals surface area (Å²) in [6, 6.07) is 12.3. The molecule has 33 heavy (non-hydrogen) atoms. The molecule has 0 saturated heterocycles. The summed E-state index contributed by atoms with van der Waals surface area (Å²) in [5.41, 5.74) is 0.986. The van der Waals surface area contributed by atoms with Crippen LogP contribution in [0.3, 0.4) is 0 Å². The number of phenols is 1. The van der Waals surface area contributed by atoms with Crippen molar-refractivity contribution in [2.75, 3.05) is 6.61 Å². The molecule has 0 radical (unpaired) electrons. The second-order valence-electron chi connectivity index (χ2n) is 7.22. The predicted octanol–water partition coefficient (Wildman–Crippen LogP) is 2.41. The molecule has 0 bridgehead atoms. The van der Waals surface area contributed by atoms with Gasteiger partial charge in [0.05, 0.1) is 33.4 Å². The predicted molar refractivity (Wildman–Crippen MR) is 122 cm³/mol. The molecule has 0 aliphatic carbocycles. The first-order valence-electron chi connectivity index (χ1n) is 10.0. The molecular weight excluding hydrogens is 446 g/mol. The number of aromatic nitrogens is 1. The minimum absolute atomic E-state index is 0.182. The molecule has 1 atom stereocenters. The number of fused-ring (bicyclic) bond motifs is 1. The number of benzene rings is 2. The second kappa shape index (κ2) is 8.83. The van der Waals surface area contributed by atoms with Crippen molar-refractivity contribution < 1.29 is 19.6 Å². The van der Waals surface area contributed by atoms with Gasteiger partial charge in [-0.25, -0.2) is 9.79 Å². The summed E-state index contributed by atoms with van der Waals surface area (Å²) >= 11 is 1.11. The zero-order valence-corrected chi connectivity index (χ0v) is 18.5. The summed E-state index contributed by atoms with van der Waals surface area (Å²) < 4.78 is 6.97. The summed E-state index contributed by atoms with van der Waals surface area (Å²) in [7, 11) is 0. The second-order valence-corrected chi connectivity index (χ2v) is 8.23. The van der Waals surface area contributed by atoms with E-state index in [1.807, 2.05) is 30.3 Å². The molecule has 0 amide bonds. The number of hydrogen-bond acceptors (Lipinski definition) is 8. The monoisotopic (exact) mass is 465 g/mol. The van der Waals surface area contributed by atoms with Crippen molar-refractivity contribution in [2.45, 2.75) is 19.9 Å². The number of thiazole rings is 1.